The van der Waals surface area contributed by atoms with Crippen LogP contribution in [0, 0.1) is 0 Å². The van der Waals surface area contributed by atoms with Crippen molar-refractivity contribution in [3.05, 3.63) is 40.8 Å². The minimum absolute atomic E-state index is 0.684. The molecule has 0 aliphatic rings. The third-order valence-corrected chi connectivity index (χ3v) is 2.76. The number of hydrogen-bond acceptors (Lipinski definition) is 4. The lowest BCUT2D eigenvalue weighted by Gasteiger charge is -2.06. The van der Waals surface area contributed by atoms with Gasteiger partial charge in [-0.05, 0) is 17.5 Å². The van der Waals surface area contributed by atoms with Crippen molar-refractivity contribution in [2.75, 3.05) is 11.1 Å². The van der Waals surface area contributed by atoms with Crippen molar-refractivity contribution in [3.8, 4) is 0 Å². The molecule has 72 valence electrons. The lowest BCUT2D eigenvalue weighted by Crippen LogP contribution is -2.01. The van der Waals surface area contributed by atoms with Gasteiger partial charge in [0.05, 0.1) is 17.6 Å². The molecule has 0 radical (unpaired) electrons. The van der Waals surface area contributed by atoms with Crippen LogP contribution in [0.15, 0.2) is 36.0 Å². The molecule has 0 aliphatic carbocycles. The van der Waals surface area contributed by atoms with Gasteiger partial charge < -0.3 is 11.1 Å². The van der Waals surface area contributed by atoms with Gasteiger partial charge in [-0.1, -0.05) is 6.07 Å². The van der Waals surface area contributed by atoms with Gasteiger partial charge in [0.1, 0.15) is 0 Å². The summed E-state index contributed by atoms with van der Waals surface area (Å²) >= 11 is 1.73. The summed E-state index contributed by atoms with van der Waals surface area (Å²) in [4.78, 5) is 5.22. The van der Waals surface area contributed by atoms with Gasteiger partial charge in [-0.2, -0.15) is 0 Å². The average molecular weight is 205 g/mol. The lowest BCUT2D eigenvalue weighted by atomic mass is 10.3. The van der Waals surface area contributed by atoms with Crippen molar-refractivity contribution in [2.24, 2.45) is 0 Å². The highest BCUT2D eigenvalue weighted by atomic mass is 32.1. The monoisotopic (exact) mass is 205 g/mol. The molecule has 0 unspecified atom stereocenters. The van der Waals surface area contributed by atoms with Gasteiger partial charge >= 0.3 is 0 Å². The Kier molecular flexibility index (Phi) is 2.65. The van der Waals surface area contributed by atoms with E-state index in [-0.39, 0.29) is 0 Å². The molecule has 0 saturated carbocycles. The largest absolute Gasteiger partial charge is 0.396 e. The molecule has 2 heterocycles. The third kappa shape index (κ3) is 2.03. The van der Waals surface area contributed by atoms with E-state index in [1.807, 2.05) is 12.1 Å². The number of nitrogens with one attached hydrogen (secondary N) is 1. The number of hydrogen-bond donors (Lipinski definition) is 2. The minimum atomic E-state index is 0.684. The highest BCUT2D eigenvalue weighted by Gasteiger charge is 1.97. The van der Waals surface area contributed by atoms with Crippen molar-refractivity contribution < 1.29 is 0 Å². The van der Waals surface area contributed by atoms with Gasteiger partial charge in [-0.15, -0.1) is 11.3 Å². The lowest BCUT2D eigenvalue weighted by molar-refractivity contribution is 1.18. The number of aromatic nitrogens is 1. The van der Waals surface area contributed by atoms with Gasteiger partial charge in [0, 0.05) is 17.6 Å². The number of thiophene rings is 1. The van der Waals surface area contributed by atoms with E-state index < -0.39 is 0 Å². The van der Waals surface area contributed by atoms with E-state index in [1.165, 1.54) is 4.88 Å². The SMILES string of the molecule is Nc1cnccc1NCc1cccs1. The summed E-state index contributed by atoms with van der Waals surface area (Å²) in [7, 11) is 0. The summed E-state index contributed by atoms with van der Waals surface area (Å²) in [5.74, 6) is 0. The molecule has 0 amide bonds. The molecule has 2 aromatic heterocycles. The molecular weight excluding hydrogens is 194 g/mol. The fraction of sp³-hybridized carbons (Fsp3) is 0.100. The smallest absolute Gasteiger partial charge is 0.0736 e. The van der Waals surface area contributed by atoms with Crippen LogP contribution in [-0.4, -0.2) is 4.98 Å². The quantitative estimate of drug-likeness (QED) is 0.808. The predicted molar refractivity (Wildman–Crippen MR) is 60.3 cm³/mol. The van der Waals surface area contributed by atoms with Crippen molar-refractivity contribution in [3.63, 3.8) is 0 Å². The summed E-state index contributed by atoms with van der Waals surface area (Å²) in [6.07, 6.45) is 3.38. The first-order valence-corrected chi connectivity index (χ1v) is 5.20. The Hall–Kier alpha value is -1.55. The number of rotatable bonds is 3. The van der Waals surface area contributed by atoms with Gasteiger partial charge in [-0.25, -0.2) is 0 Å². The maximum Gasteiger partial charge on any atom is 0.0736 e. The third-order valence-electron chi connectivity index (χ3n) is 1.89. The van der Waals surface area contributed by atoms with Gasteiger partial charge in [-0.3, -0.25) is 4.98 Å². The Morgan fingerprint density at radius 2 is 2.36 bits per heavy atom. The van der Waals surface area contributed by atoms with Gasteiger partial charge in [0.2, 0.25) is 0 Å². The molecule has 2 rings (SSSR count). The molecule has 0 fully saturated rings. The number of nitrogens with zero attached hydrogens (tertiary/aromatic N) is 1. The van der Waals surface area contributed by atoms with Crippen LogP contribution in [-0.2, 0) is 6.54 Å². The molecule has 3 nitrogen and oxygen atoms in total. The number of pyridine rings is 1. The Morgan fingerprint density at radius 3 is 3.07 bits per heavy atom. The van der Waals surface area contributed by atoms with Crippen molar-refractivity contribution >= 4 is 22.7 Å². The summed E-state index contributed by atoms with van der Waals surface area (Å²) in [6, 6.07) is 6.01. The number of nitrogens with two attached hydrogens (primary N) is 1. The molecule has 0 spiro atoms. The van der Waals surface area contributed by atoms with Crippen molar-refractivity contribution in [1.29, 1.82) is 0 Å². The van der Waals surface area contributed by atoms with Crippen LogP contribution in [0.4, 0.5) is 11.4 Å². The Labute approximate surface area is 86.6 Å². The number of anilines is 2. The van der Waals surface area contributed by atoms with Gasteiger partial charge in [0.25, 0.3) is 0 Å². The second kappa shape index (κ2) is 4.11. The Bertz CT molecular complexity index is 398. The molecule has 2 aromatic rings. The summed E-state index contributed by atoms with van der Waals surface area (Å²) in [5, 5.41) is 5.32. The van der Waals surface area contributed by atoms with E-state index in [9.17, 15) is 0 Å². The summed E-state index contributed by atoms with van der Waals surface area (Å²) in [5.41, 5.74) is 7.36. The van der Waals surface area contributed by atoms with Crippen LogP contribution < -0.4 is 11.1 Å². The molecule has 3 N–H and O–H groups in total. The predicted octanol–water partition coefficient (Wildman–Crippen LogP) is 2.34. The van der Waals surface area contributed by atoms with Crippen molar-refractivity contribution in [1.82, 2.24) is 4.98 Å². The molecule has 4 heteroatoms. The fourth-order valence-electron chi connectivity index (χ4n) is 1.16. The van der Waals surface area contributed by atoms with E-state index in [0.717, 1.165) is 12.2 Å². The second-order valence-corrected chi connectivity index (χ2v) is 3.93. The molecule has 0 saturated heterocycles. The highest BCUT2D eigenvalue weighted by molar-refractivity contribution is 7.09. The van der Waals surface area contributed by atoms with E-state index in [1.54, 1.807) is 23.7 Å². The molecule has 0 aliphatic heterocycles. The maximum atomic E-state index is 5.74. The molecule has 14 heavy (non-hydrogen) atoms. The zero-order valence-corrected chi connectivity index (χ0v) is 8.42. The summed E-state index contributed by atoms with van der Waals surface area (Å²) < 4.78 is 0. The van der Waals surface area contributed by atoms with Crippen LogP contribution in [0.3, 0.4) is 0 Å². The normalized spacial score (nSPS) is 10.0. The van der Waals surface area contributed by atoms with Crippen LogP contribution in [0.2, 0.25) is 0 Å². The first-order chi connectivity index (χ1) is 6.86. The average Bonchev–Trinajstić information content (AvgIpc) is 2.69. The first-order valence-electron chi connectivity index (χ1n) is 4.32. The Balaban J connectivity index is 2.02. The maximum absolute atomic E-state index is 5.74. The zero-order chi connectivity index (χ0) is 9.80. The Morgan fingerprint density at radius 1 is 1.43 bits per heavy atom. The molecular formula is C10H11N3S. The molecule has 0 aromatic carbocycles. The van der Waals surface area contributed by atoms with Crippen LogP contribution in [0.5, 0.6) is 0 Å². The second-order valence-electron chi connectivity index (χ2n) is 2.90. The van der Waals surface area contributed by atoms with E-state index in [0.29, 0.717) is 5.69 Å². The van der Waals surface area contributed by atoms with E-state index >= 15 is 0 Å². The molecule has 0 atom stereocenters. The number of nitrogen functional groups attached to an aromatic ring is 1. The van der Waals surface area contributed by atoms with Crippen LogP contribution in [0.1, 0.15) is 4.88 Å². The van der Waals surface area contributed by atoms with E-state index in [4.69, 9.17) is 5.73 Å². The topological polar surface area (TPSA) is 50.9 Å². The van der Waals surface area contributed by atoms with Gasteiger partial charge in [0.15, 0.2) is 0 Å². The highest BCUT2D eigenvalue weighted by Crippen LogP contribution is 2.17. The zero-order valence-electron chi connectivity index (χ0n) is 7.60. The van der Waals surface area contributed by atoms with Crippen molar-refractivity contribution in [2.45, 2.75) is 6.54 Å². The first kappa shape index (κ1) is 9.02. The van der Waals surface area contributed by atoms with E-state index in [2.05, 4.69) is 21.7 Å². The minimum Gasteiger partial charge on any atom is -0.396 e. The molecule has 0 bridgehead atoms. The van der Waals surface area contributed by atoms with Crippen LogP contribution >= 0.6 is 11.3 Å². The fourth-order valence-corrected chi connectivity index (χ4v) is 1.81. The standard InChI is InChI=1S/C10H11N3S/c11-9-7-12-4-3-10(9)13-6-8-2-1-5-14-8/h1-5,7H,6,11H2,(H,12,13). The summed E-state index contributed by atoms with van der Waals surface area (Å²) in [6.45, 7) is 0.811. The van der Waals surface area contributed by atoms with Crippen LogP contribution in [0.25, 0.3) is 0 Å².